The van der Waals surface area contributed by atoms with Crippen molar-refractivity contribution in [3.63, 3.8) is 0 Å². The predicted molar refractivity (Wildman–Crippen MR) is 201 cm³/mol. The van der Waals surface area contributed by atoms with Gasteiger partial charge >= 0.3 is 0 Å². The van der Waals surface area contributed by atoms with E-state index in [1.165, 1.54) is 21.3 Å². The highest BCUT2D eigenvalue weighted by Crippen LogP contribution is 2.34. The third kappa shape index (κ3) is 11.5. The van der Waals surface area contributed by atoms with Crippen molar-refractivity contribution in [2.45, 2.75) is 123 Å². The van der Waals surface area contributed by atoms with Gasteiger partial charge < -0.3 is 99.5 Å². The zero-order valence-electron chi connectivity index (χ0n) is 36.9. The molecular formula is C38H70O21. The quantitative estimate of drug-likeness (QED) is 0.119. The van der Waals surface area contributed by atoms with E-state index in [1.807, 2.05) is 0 Å². The van der Waals surface area contributed by atoms with Gasteiger partial charge in [0.25, 0.3) is 0 Å². The molecule has 0 radical (unpaired) electrons. The van der Waals surface area contributed by atoms with Crippen LogP contribution in [0.1, 0.15) is 0 Å². The van der Waals surface area contributed by atoms with Crippen LogP contribution in [0.25, 0.3) is 0 Å². The largest absolute Gasteiger partial charge is 0.382 e. The molecule has 0 aromatic heterocycles. The van der Waals surface area contributed by atoms with Gasteiger partial charge in [-0.3, -0.25) is 0 Å². The predicted octanol–water partition coefficient (Wildman–Crippen LogP) is -0.591. The van der Waals surface area contributed by atoms with Crippen LogP contribution in [0.3, 0.4) is 0 Å². The van der Waals surface area contributed by atoms with Gasteiger partial charge in [-0.2, -0.15) is 0 Å². The fourth-order valence-electron chi connectivity index (χ4n) is 8.58. The molecule has 348 valence electrons. The van der Waals surface area contributed by atoms with E-state index in [1.54, 1.807) is 78.2 Å². The maximum atomic E-state index is 6.55. The van der Waals surface area contributed by atoms with E-state index in [0.717, 1.165) is 0 Å². The summed E-state index contributed by atoms with van der Waals surface area (Å²) in [4.78, 5) is 0. The van der Waals surface area contributed by atoms with Crippen molar-refractivity contribution in [1.29, 1.82) is 0 Å². The Morgan fingerprint density at radius 1 is 0.237 bits per heavy atom. The van der Waals surface area contributed by atoms with E-state index in [2.05, 4.69) is 0 Å². The van der Waals surface area contributed by atoms with Gasteiger partial charge in [0.1, 0.15) is 97.7 Å². The van der Waals surface area contributed by atoms with E-state index in [-0.39, 0.29) is 26.4 Å². The fourth-order valence-corrected chi connectivity index (χ4v) is 8.58. The molecule has 0 saturated carbocycles. The average Bonchev–Trinajstić information content (AvgIpc) is 3.27. The van der Waals surface area contributed by atoms with Crippen molar-refractivity contribution in [3.05, 3.63) is 0 Å². The third-order valence-corrected chi connectivity index (χ3v) is 11.5. The lowest BCUT2D eigenvalue weighted by molar-refractivity contribution is -0.356. The molecule has 0 bridgehead atoms. The molecule has 0 aromatic rings. The molecule has 4 aliphatic rings. The van der Waals surface area contributed by atoms with Crippen LogP contribution >= 0.6 is 0 Å². The van der Waals surface area contributed by atoms with E-state index >= 15 is 0 Å². The van der Waals surface area contributed by atoms with Gasteiger partial charge in [-0.05, 0) is 0 Å². The van der Waals surface area contributed by atoms with Gasteiger partial charge in [0, 0.05) is 99.5 Å². The first kappa shape index (κ1) is 50.8. The van der Waals surface area contributed by atoms with Crippen LogP contribution in [0.5, 0.6) is 0 Å². The lowest BCUT2D eigenvalue weighted by atomic mass is 9.97. The van der Waals surface area contributed by atoms with E-state index < -0.39 is 123 Å². The smallest absolute Gasteiger partial charge is 0.187 e. The topological polar surface area (TPSA) is 194 Å². The molecule has 0 N–H and O–H groups in total. The normalized spacial score (nSPS) is 43.2. The van der Waals surface area contributed by atoms with Crippen LogP contribution in [0.15, 0.2) is 0 Å². The molecule has 4 rings (SSSR count). The summed E-state index contributed by atoms with van der Waals surface area (Å²) < 4.78 is 126. The SMILES string of the molecule is COC[C@H]1O[C@H](OC[C@H]2O[C@H](OC[C@H]3O[C@H](OC[C@H]4OC(OC)[C@H](OC)[C@@H](OC)[C@@H]4OC)[C@H](OC)[C@@H](OC)[C@@H]3OC)[C@H](OC)[C@@H](OC)[C@@H]2OC)[C@H](OC)[C@@H](OC)[C@@H]1OC. The van der Waals surface area contributed by atoms with Crippen LogP contribution in [0.4, 0.5) is 0 Å². The summed E-state index contributed by atoms with van der Waals surface area (Å²) in [5.74, 6) is 0. The first-order valence-corrected chi connectivity index (χ1v) is 19.5. The van der Waals surface area contributed by atoms with Gasteiger partial charge in [0.05, 0.1) is 26.4 Å². The monoisotopic (exact) mass is 862 g/mol. The minimum Gasteiger partial charge on any atom is -0.382 e. The summed E-state index contributed by atoms with van der Waals surface area (Å²) in [6.07, 6.45) is -13.5. The zero-order chi connectivity index (χ0) is 43.2. The number of hydrogen-bond donors (Lipinski definition) is 0. The Kier molecular flexibility index (Phi) is 21.9. The Balaban J connectivity index is 1.51. The van der Waals surface area contributed by atoms with Crippen LogP contribution in [-0.2, 0) is 99.5 Å². The van der Waals surface area contributed by atoms with Crippen LogP contribution < -0.4 is 0 Å². The molecule has 21 heteroatoms. The first-order chi connectivity index (χ1) is 28.7. The Labute approximate surface area is 348 Å². The van der Waals surface area contributed by atoms with Crippen LogP contribution in [0, 0.1) is 0 Å². The molecule has 4 fully saturated rings. The lowest BCUT2D eigenvalue weighted by Crippen LogP contribution is -2.64. The number of methoxy groups -OCH3 is 14. The van der Waals surface area contributed by atoms with Gasteiger partial charge in [0.2, 0.25) is 0 Å². The molecule has 59 heavy (non-hydrogen) atoms. The average molecular weight is 863 g/mol. The third-order valence-electron chi connectivity index (χ3n) is 11.5. The van der Waals surface area contributed by atoms with Gasteiger partial charge in [-0.1, -0.05) is 0 Å². The molecule has 1 unspecified atom stereocenters. The summed E-state index contributed by atoms with van der Waals surface area (Å²) in [5, 5.41) is 0. The Bertz CT molecular complexity index is 1150. The summed E-state index contributed by atoms with van der Waals surface area (Å²) >= 11 is 0. The molecule has 0 aliphatic carbocycles. The molecule has 21 nitrogen and oxygen atoms in total. The zero-order valence-corrected chi connectivity index (χ0v) is 36.9. The summed E-state index contributed by atoms with van der Waals surface area (Å²) in [6, 6.07) is 0. The molecule has 20 atom stereocenters. The number of rotatable bonds is 24. The minimum atomic E-state index is -0.994. The number of ether oxygens (including phenoxy) is 21. The van der Waals surface area contributed by atoms with Crippen molar-refractivity contribution in [3.8, 4) is 0 Å². The molecule has 4 heterocycles. The van der Waals surface area contributed by atoms with Crippen molar-refractivity contribution in [2.75, 3.05) is 126 Å². The fraction of sp³-hybridized carbons (Fsp3) is 1.00. The molecule has 0 amide bonds. The highest BCUT2D eigenvalue weighted by molar-refractivity contribution is 4.97. The highest BCUT2D eigenvalue weighted by atomic mass is 16.8. The first-order valence-electron chi connectivity index (χ1n) is 19.5. The Hall–Kier alpha value is -0.840. The van der Waals surface area contributed by atoms with E-state index in [4.69, 9.17) is 99.5 Å². The van der Waals surface area contributed by atoms with Crippen molar-refractivity contribution < 1.29 is 99.5 Å². The van der Waals surface area contributed by atoms with E-state index in [9.17, 15) is 0 Å². The van der Waals surface area contributed by atoms with Gasteiger partial charge in [0.15, 0.2) is 25.2 Å². The maximum absolute atomic E-state index is 6.55. The second-order valence-corrected chi connectivity index (χ2v) is 14.3. The van der Waals surface area contributed by atoms with Crippen molar-refractivity contribution in [2.24, 2.45) is 0 Å². The Morgan fingerprint density at radius 2 is 0.458 bits per heavy atom. The number of hydrogen-bond acceptors (Lipinski definition) is 21. The van der Waals surface area contributed by atoms with E-state index in [0.29, 0.717) is 0 Å². The maximum Gasteiger partial charge on any atom is 0.187 e. The molecule has 4 aliphatic heterocycles. The van der Waals surface area contributed by atoms with Crippen LogP contribution in [-0.4, -0.2) is 249 Å². The second kappa shape index (κ2) is 25.5. The molecule has 4 saturated heterocycles. The lowest BCUT2D eigenvalue weighted by Gasteiger charge is -2.48. The molecular weight excluding hydrogens is 792 g/mol. The summed E-state index contributed by atoms with van der Waals surface area (Å²) in [7, 11) is 21.8. The highest BCUT2D eigenvalue weighted by Gasteiger charge is 2.54. The molecule has 0 aromatic carbocycles. The molecule has 0 spiro atoms. The van der Waals surface area contributed by atoms with Crippen molar-refractivity contribution >= 4 is 0 Å². The van der Waals surface area contributed by atoms with Gasteiger partial charge in [-0.15, -0.1) is 0 Å². The van der Waals surface area contributed by atoms with Gasteiger partial charge in [-0.25, -0.2) is 0 Å². The van der Waals surface area contributed by atoms with Crippen LogP contribution in [0.2, 0.25) is 0 Å². The minimum absolute atomic E-state index is 0.00599. The van der Waals surface area contributed by atoms with Crippen molar-refractivity contribution in [1.82, 2.24) is 0 Å². The Morgan fingerprint density at radius 3 is 0.678 bits per heavy atom. The standard InChI is InChI=1S/C38H70O21/c1-39-15-19-23(40-2)28(45-7)32(49-11)36(57-19)54-17-21-25(42-4)30(47-9)34(51-13)38(59-21)55-18-22-26(43-5)29(46-8)33(50-12)37(58-22)53-16-20-24(41-3)27(44-6)31(48-10)35(52-14)56-20/h19-38H,15-18H2,1-14H3/t19-,20-,21-,22-,23-,24-,25-,26-,27+,28+,29+,30+,31-,32-,33-,34-,35?,36+,37+,38+/m1/s1. The summed E-state index contributed by atoms with van der Waals surface area (Å²) in [6.45, 7) is 0.165. The summed E-state index contributed by atoms with van der Waals surface area (Å²) in [5.41, 5.74) is 0. The second-order valence-electron chi connectivity index (χ2n) is 14.3.